The topological polar surface area (TPSA) is 29.1 Å². The van der Waals surface area contributed by atoms with Crippen molar-refractivity contribution in [3.63, 3.8) is 0 Å². The molecule has 2 heteroatoms. The van der Waals surface area contributed by atoms with Crippen LogP contribution in [0.15, 0.2) is 0 Å². The molecule has 0 bridgehead atoms. The normalized spacial score (nSPS) is 30.5. The van der Waals surface area contributed by atoms with E-state index in [0.717, 1.165) is 12.8 Å². The second-order valence-corrected chi connectivity index (χ2v) is 5.49. The van der Waals surface area contributed by atoms with Gasteiger partial charge >= 0.3 is 0 Å². The van der Waals surface area contributed by atoms with Crippen LogP contribution in [0.5, 0.6) is 0 Å². The van der Waals surface area contributed by atoms with E-state index in [1.807, 2.05) is 0 Å². The SMILES string of the molecule is CC1(C)CCC2(CCC(=O)N2)CC1. The molecule has 0 radical (unpaired) electrons. The van der Waals surface area contributed by atoms with E-state index in [9.17, 15) is 4.79 Å². The molecule has 1 N–H and O–H groups in total. The highest BCUT2D eigenvalue weighted by Crippen LogP contribution is 2.43. The van der Waals surface area contributed by atoms with Crippen LogP contribution >= 0.6 is 0 Å². The Kier molecular flexibility index (Phi) is 1.90. The van der Waals surface area contributed by atoms with Gasteiger partial charge in [-0.15, -0.1) is 0 Å². The second kappa shape index (κ2) is 2.73. The van der Waals surface area contributed by atoms with Gasteiger partial charge in [-0.3, -0.25) is 4.79 Å². The molecule has 1 saturated heterocycles. The minimum absolute atomic E-state index is 0.201. The molecule has 2 nitrogen and oxygen atoms in total. The Bertz CT molecular complexity index is 222. The summed E-state index contributed by atoms with van der Waals surface area (Å²) in [7, 11) is 0. The largest absolute Gasteiger partial charge is 0.351 e. The summed E-state index contributed by atoms with van der Waals surface area (Å²) < 4.78 is 0. The van der Waals surface area contributed by atoms with Crippen molar-refractivity contribution < 1.29 is 4.79 Å². The summed E-state index contributed by atoms with van der Waals surface area (Å²) >= 11 is 0. The van der Waals surface area contributed by atoms with Gasteiger partial charge in [-0.1, -0.05) is 13.8 Å². The molecule has 1 aliphatic heterocycles. The van der Waals surface area contributed by atoms with E-state index in [-0.39, 0.29) is 11.4 Å². The van der Waals surface area contributed by atoms with Gasteiger partial charge in [-0.05, 0) is 37.5 Å². The zero-order chi connectivity index (χ0) is 9.53. The molecule has 2 aliphatic rings. The van der Waals surface area contributed by atoms with Gasteiger partial charge in [-0.2, -0.15) is 0 Å². The summed E-state index contributed by atoms with van der Waals surface area (Å²) in [5.41, 5.74) is 0.700. The third-order valence-electron chi connectivity index (χ3n) is 3.80. The fourth-order valence-electron chi connectivity index (χ4n) is 2.55. The van der Waals surface area contributed by atoms with Gasteiger partial charge in [0, 0.05) is 12.0 Å². The molecule has 74 valence electrons. The maximum atomic E-state index is 11.2. The average molecular weight is 181 g/mol. The molecular weight excluding hydrogens is 162 g/mol. The van der Waals surface area contributed by atoms with Crippen molar-refractivity contribution in [3.8, 4) is 0 Å². The molecule has 0 unspecified atom stereocenters. The van der Waals surface area contributed by atoms with E-state index in [1.165, 1.54) is 25.7 Å². The quantitative estimate of drug-likeness (QED) is 0.610. The third kappa shape index (κ3) is 1.72. The molecular formula is C11H19NO. The van der Waals surface area contributed by atoms with Crippen LogP contribution in [-0.2, 0) is 4.79 Å². The van der Waals surface area contributed by atoms with Crippen LogP contribution in [0.25, 0.3) is 0 Å². The Morgan fingerprint density at radius 1 is 1.08 bits per heavy atom. The summed E-state index contributed by atoms with van der Waals surface area (Å²) in [6.45, 7) is 4.66. The Hall–Kier alpha value is -0.530. The van der Waals surface area contributed by atoms with Crippen LogP contribution in [0, 0.1) is 5.41 Å². The highest BCUT2D eigenvalue weighted by atomic mass is 16.2. The number of carbonyl (C=O) groups is 1. The number of hydrogen-bond donors (Lipinski definition) is 1. The van der Waals surface area contributed by atoms with Gasteiger partial charge in [-0.25, -0.2) is 0 Å². The molecule has 13 heavy (non-hydrogen) atoms. The number of hydrogen-bond acceptors (Lipinski definition) is 1. The molecule has 1 amide bonds. The lowest BCUT2D eigenvalue weighted by Gasteiger charge is -2.41. The van der Waals surface area contributed by atoms with E-state index in [2.05, 4.69) is 19.2 Å². The van der Waals surface area contributed by atoms with Crippen molar-refractivity contribution in [3.05, 3.63) is 0 Å². The smallest absolute Gasteiger partial charge is 0.220 e. The number of carbonyl (C=O) groups excluding carboxylic acids is 1. The first-order valence-corrected chi connectivity index (χ1v) is 5.33. The minimum atomic E-state index is 0.201. The maximum absolute atomic E-state index is 11.2. The molecule has 0 aromatic rings. The first kappa shape index (κ1) is 9.04. The van der Waals surface area contributed by atoms with E-state index in [4.69, 9.17) is 0 Å². The molecule has 0 aromatic heterocycles. The van der Waals surface area contributed by atoms with E-state index >= 15 is 0 Å². The molecule has 1 saturated carbocycles. The molecule has 1 heterocycles. The van der Waals surface area contributed by atoms with Crippen molar-refractivity contribution in [1.29, 1.82) is 0 Å². The van der Waals surface area contributed by atoms with Crippen molar-refractivity contribution in [2.45, 2.75) is 57.9 Å². The summed E-state index contributed by atoms with van der Waals surface area (Å²) in [5.74, 6) is 0.264. The van der Waals surface area contributed by atoms with Crippen molar-refractivity contribution in [1.82, 2.24) is 5.32 Å². The lowest BCUT2D eigenvalue weighted by Crippen LogP contribution is -2.45. The van der Waals surface area contributed by atoms with Crippen molar-refractivity contribution in [2.24, 2.45) is 5.41 Å². The standard InChI is InChI=1S/C11H19NO/c1-10(2)5-7-11(8-6-10)4-3-9(13)12-11/h3-8H2,1-2H3,(H,12,13). The van der Waals surface area contributed by atoms with Crippen LogP contribution in [0.2, 0.25) is 0 Å². The van der Waals surface area contributed by atoms with E-state index in [0.29, 0.717) is 5.41 Å². The van der Waals surface area contributed by atoms with Crippen LogP contribution in [0.3, 0.4) is 0 Å². The molecule has 2 rings (SSSR count). The Morgan fingerprint density at radius 2 is 1.69 bits per heavy atom. The van der Waals surface area contributed by atoms with Gasteiger partial charge < -0.3 is 5.32 Å². The van der Waals surface area contributed by atoms with E-state index < -0.39 is 0 Å². The van der Waals surface area contributed by atoms with Gasteiger partial charge in [0.2, 0.25) is 5.91 Å². The average Bonchev–Trinajstić information content (AvgIpc) is 2.41. The lowest BCUT2D eigenvalue weighted by atomic mass is 9.69. The summed E-state index contributed by atoms with van der Waals surface area (Å²) in [6.07, 6.45) is 6.71. The molecule has 0 atom stereocenters. The van der Waals surface area contributed by atoms with Crippen molar-refractivity contribution in [2.75, 3.05) is 0 Å². The summed E-state index contributed by atoms with van der Waals surface area (Å²) in [4.78, 5) is 11.2. The van der Waals surface area contributed by atoms with Gasteiger partial charge in [0.15, 0.2) is 0 Å². The summed E-state index contributed by atoms with van der Waals surface area (Å²) in [5, 5.41) is 3.17. The predicted molar refractivity (Wildman–Crippen MR) is 52.4 cm³/mol. The van der Waals surface area contributed by atoms with Crippen molar-refractivity contribution >= 4 is 5.91 Å². The molecule has 1 spiro atoms. The van der Waals surface area contributed by atoms with Gasteiger partial charge in [0.1, 0.15) is 0 Å². The predicted octanol–water partition coefficient (Wildman–Crippen LogP) is 2.24. The first-order valence-electron chi connectivity index (χ1n) is 5.33. The zero-order valence-electron chi connectivity index (χ0n) is 8.65. The van der Waals surface area contributed by atoms with Crippen LogP contribution < -0.4 is 5.32 Å². The number of amides is 1. The zero-order valence-corrected chi connectivity index (χ0v) is 8.65. The Morgan fingerprint density at radius 3 is 2.15 bits per heavy atom. The second-order valence-electron chi connectivity index (χ2n) is 5.49. The van der Waals surface area contributed by atoms with E-state index in [1.54, 1.807) is 0 Å². The third-order valence-corrected chi connectivity index (χ3v) is 3.80. The summed E-state index contributed by atoms with van der Waals surface area (Å²) in [6, 6.07) is 0. The highest BCUT2D eigenvalue weighted by Gasteiger charge is 2.42. The molecule has 0 aromatic carbocycles. The number of rotatable bonds is 0. The van der Waals surface area contributed by atoms with Gasteiger partial charge in [0.05, 0.1) is 0 Å². The lowest BCUT2D eigenvalue weighted by molar-refractivity contribution is -0.120. The van der Waals surface area contributed by atoms with Gasteiger partial charge in [0.25, 0.3) is 0 Å². The Labute approximate surface area is 80.1 Å². The molecule has 1 aliphatic carbocycles. The fraction of sp³-hybridized carbons (Fsp3) is 0.909. The van der Waals surface area contributed by atoms with Crippen LogP contribution in [0.1, 0.15) is 52.4 Å². The fourth-order valence-corrected chi connectivity index (χ4v) is 2.55. The minimum Gasteiger partial charge on any atom is -0.351 e. The first-order chi connectivity index (χ1) is 6.02. The van der Waals surface area contributed by atoms with Crippen LogP contribution in [0.4, 0.5) is 0 Å². The Balaban J connectivity index is 2.01. The highest BCUT2D eigenvalue weighted by molar-refractivity contribution is 5.79. The number of nitrogens with one attached hydrogen (secondary N) is 1. The maximum Gasteiger partial charge on any atom is 0.220 e. The van der Waals surface area contributed by atoms with Crippen LogP contribution in [-0.4, -0.2) is 11.4 Å². The monoisotopic (exact) mass is 181 g/mol. The molecule has 2 fully saturated rings.